The Morgan fingerprint density at radius 2 is 1.40 bits per heavy atom. The number of aryl methyl sites for hydroxylation is 2. The van der Waals surface area contributed by atoms with Crippen molar-refractivity contribution in [3.8, 4) is 11.3 Å². The summed E-state index contributed by atoms with van der Waals surface area (Å²) in [5.41, 5.74) is 6.59. The van der Waals surface area contributed by atoms with Crippen LogP contribution < -0.4 is 0 Å². The Morgan fingerprint density at radius 1 is 0.720 bits per heavy atom. The summed E-state index contributed by atoms with van der Waals surface area (Å²) in [6.07, 6.45) is 3.96. The van der Waals surface area contributed by atoms with Gasteiger partial charge >= 0.3 is 0 Å². The maximum Gasteiger partial charge on any atom is 0.147 e. The minimum Gasteiger partial charge on any atom is -0.283 e. The molecule has 3 heterocycles. The highest BCUT2D eigenvalue weighted by atomic mass is 15.0. The van der Waals surface area contributed by atoms with Crippen molar-refractivity contribution in [1.82, 2.24) is 14.4 Å². The smallest absolute Gasteiger partial charge is 0.147 e. The minimum absolute atomic E-state index is 0.946. The van der Waals surface area contributed by atoms with Crippen LogP contribution in [0, 0.1) is 13.8 Å². The van der Waals surface area contributed by atoms with Crippen molar-refractivity contribution >= 4 is 27.5 Å². The van der Waals surface area contributed by atoms with Gasteiger partial charge in [0.25, 0.3) is 0 Å². The topological polar surface area (TPSA) is 30.2 Å². The Kier molecular flexibility index (Phi) is 2.92. The van der Waals surface area contributed by atoms with Crippen LogP contribution in [0.5, 0.6) is 0 Å². The van der Waals surface area contributed by atoms with Crippen LogP contribution in [0.1, 0.15) is 11.1 Å². The molecule has 0 unspecified atom stereocenters. The molecule has 3 nitrogen and oxygen atoms in total. The van der Waals surface area contributed by atoms with Crippen molar-refractivity contribution in [2.45, 2.75) is 13.8 Å². The summed E-state index contributed by atoms with van der Waals surface area (Å²) in [5.74, 6) is 0. The second kappa shape index (κ2) is 5.15. The van der Waals surface area contributed by atoms with Gasteiger partial charge in [0.2, 0.25) is 0 Å². The molecule has 0 N–H and O–H groups in total. The summed E-state index contributed by atoms with van der Waals surface area (Å²) >= 11 is 0. The van der Waals surface area contributed by atoms with E-state index in [0.717, 1.165) is 27.8 Å². The van der Waals surface area contributed by atoms with Gasteiger partial charge in [-0.15, -0.1) is 0 Å². The molecule has 0 atom stereocenters. The third-order valence-corrected chi connectivity index (χ3v) is 4.92. The molecule has 5 rings (SSSR count). The van der Waals surface area contributed by atoms with Gasteiger partial charge in [-0.2, -0.15) is 0 Å². The molecular weight excluding hydrogens is 306 g/mol. The number of nitrogens with zero attached hydrogens (tertiary/aromatic N) is 3. The Morgan fingerprint density at radius 3 is 2.20 bits per heavy atom. The number of pyridine rings is 2. The number of hydrogen-bond acceptors (Lipinski definition) is 2. The molecule has 3 aromatic heterocycles. The average Bonchev–Trinajstić information content (AvgIpc) is 3.07. The van der Waals surface area contributed by atoms with E-state index in [2.05, 4.69) is 78.0 Å². The highest BCUT2D eigenvalue weighted by Gasteiger charge is 2.15. The summed E-state index contributed by atoms with van der Waals surface area (Å²) in [7, 11) is 0. The summed E-state index contributed by atoms with van der Waals surface area (Å²) < 4.78 is 2.12. The lowest BCUT2D eigenvalue weighted by molar-refractivity contribution is 1.20. The number of hydrogen-bond donors (Lipinski definition) is 0. The largest absolute Gasteiger partial charge is 0.283 e. The molecule has 5 aromatic rings. The van der Waals surface area contributed by atoms with Gasteiger partial charge in [-0.05, 0) is 42.5 Å². The first kappa shape index (κ1) is 14.2. The molecule has 0 aliphatic carbocycles. The number of imidazole rings is 1. The third kappa shape index (κ3) is 1.99. The lowest BCUT2D eigenvalue weighted by Crippen LogP contribution is -1.92. The minimum atomic E-state index is 0.946. The van der Waals surface area contributed by atoms with Gasteiger partial charge < -0.3 is 0 Å². The van der Waals surface area contributed by atoms with Crippen LogP contribution in [-0.2, 0) is 0 Å². The quantitative estimate of drug-likeness (QED) is 0.391. The molecule has 120 valence electrons. The van der Waals surface area contributed by atoms with Crippen molar-refractivity contribution < 1.29 is 0 Å². The standard InChI is InChI=1S/C22H17N3/c1-14-7-5-8-15(2)20(14)19-13-25-21-17(11-6-12-23-21)16-9-3-4-10-18(16)22(25)24-19/h3-13H,1-2H3. The van der Waals surface area contributed by atoms with Gasteiger partial charge in [0.1, 0.15) is 11.3 Å². The van der Waals surface area contributed by atoms with Gasteiger partial charge in [0, 0.05) is 28.7 Å². The van der Waals surface area contributed by atoms with Crippen molar-refractivity contribution in [2.75, 3.05) is 0 Å². The fourth-order valence-corrected chi connectivity index (χ4v) is 3.78. The Hall–Kier alpha value is -3.20. The molecule has 0 spiro atoms. The van der Waals surface area contributed by atoms with Crippen molar-refractivity contribution in [3.05, 3.63) is 78.1 Å². The lowest BCUT2D eigenvalue weighted by atomic mass is 10.0. The van der Waals surface area contributed by atoms with Gasteiger partial charge in [-0.3, -0.25) is 4.40 Å². The van der Waals surface area contributed by atoms with E-state index in [1.165, 1.54) is 22.1 Å². The molecule has 0 amide bonds. The monoisotopic (exact) mass is 323 g/mol. The molecule has 0 saturated carbocycles. The van der Waals surface area contributed by atoms with E-state index in [-0.39, 0.29) is 0 Å². The van der Waals surface area contributed by atoms with Gasteiger partial charge in [0.15, 0.2) is 0 Å². The predicted octanol–water partition coefficient (Wildman–Crippen LogP) is 5.32. The van der Waals surface area contributed by atoms with E-state index in [1.54, 1.807) is 0 Å². The van der Waals surface area contributed by atoms with Crippen molar-refractivity contribution in [3.63, 3.8) is 0 Å². The Bertz CT molecular complexity index is 1170. The van der Waals surface area contributed by atoms with Gasteiger partial charge in [-0.1, -0.05) is 42.5 Å². The van der Waals surface area contributed by atoms with E-state index in [4.69, 9.17) is 4.98 Å². The normalized spacial score (nSPS) is 11.6. The summed E-state index contributed by atoms with van der Waals surface area (Å²) in [6, 6.07) is 18.9. The predicted molar refractivity (Wildman–Crippen MR) is 103 cm³/mol. The first-order chi connectivity index (χ1) is 12.2. The average molecular weight is 323 g/mol. The molecule has 0 aliphatic rings. The fourth-order valence-electron chi connectivity index (χ4n) is 3.78. The Labute approximate surface area is 145 Å². The summed E-state index contributed by atoms with van der Waals surface area (Å²) in [6.45, 7) is 4.28. The van der Waals surface area contributed by atoms with Crippen molar-refractivity contribution in [2.24, 2.45) is 0 Å². The first-order valence-corrected chi connectivity index (χ1v) is 8.45. The first-order valence-electron chi connectivity index (χ1n) is 8.45. The van der Waals surface area contributed by atoms with Crippen LogP contribution >= 0.6 is 0 Å². The van der Waals surface area contributed by atoms with E-state index >= 15 is 0 Å². The van der Waals surface area contributed by atoms with E-state index in [0.29, 0.717) is 0 Å². The third-order valence-electron chi connectivity index (χ3n) is 4.92. The van der Waals surface area contributed by atoms with Crippen LogP contribution in [0.2, 0.25) is 0 Å². The zero-order chi connectivity index (χ0) is 17.0. The van der Waals surface area contributed by atoms with Crippen LogP contribution in [0.15, 0.2) is 67.0 Å². The highest BCUT2D eigenvalue weighted by molar-refractivity contribution is 6.10. The number of aromatic nitrogens is 3. The van der Waals surface area contributed by atoms with Crippen LogP contribution in [0.4, 0.5) is 0 Å². The summed E-state index contributed by atoms with van der Waals surface area (Å²) in [4.78, 5) is 9.64. The molecule has 3 heteroatoms. The van der Waals surface area contributed by atoms with E-state index < -0.39 is 0 Å². The second-order valence-corrected chi connectivity index (χ2v) is 6.51. The molecule has 0 saturated heterocycles. The fraction of sp³-hybridized carbons (Fsp3) is 0.0909. The molecule has 25 heavy (non-hydrogen) atoms. The zero-order valence-electron chi connectivity index (χ0n) is 14.2. The summed E-state index contributed by atoms with van der Waals surface area (Å²) in [5, 5.41) is 3.49. The Balaban J connectivity index is 1.98. The number of fused-ring (bicyclic) bond motifs is 6. The maximum atomic E-state index is 5.01. The molecule has 2 aromatic carbocycles. The maximum absolute atomic E-state index is 5.01. The van der Waals surface area contributed by atoms with Crippen LogP contribution in [-0.4, -0.2) is 14.4 Å². The number of benzene rings is 2. The zero-order valence-corrected chi connectivity index (χ0v) is 14.2. The number of rotatable bonds is 1. The van der Waals surface area contributed by atoms with Crippen molar-refractivity contribution in [1.29, 1.82) is 0 Å². The van der Waals surface area contributed by atoms with E-state index in [9.17, 15) is 0 Å². The molecule has 0 bridgehead atoms. The van der Waals surface area contributed by atoms with Crippen LogP contribution in [0.25, 0.3) is 38.7 Å². The van der Waals surface area contributed by atoms with Crippen LogP contribution in [0.3, 0.4) is 0 Å². The van der Waals surface area contributed by atoms with Gasteiger partial charge in [-0.25, -0.2) is 9.97 Å². The molecule has 0 aliphatic heterocycles. The highest BCUT2D eigenvalue weighted by Crippen LogP contribution is 2.32. The molecule has 0 radical (unpaired) electrons. The molecular formula is C22H17N3. The lowest BCUT2D eigenvalue weighted by Gasteiger charge is -2.06. The SMILES string of the molecule is Cc1cccc(C)c1-c1cn2c3ncccc3c3ccccc3c2n1. The molecule has 0 fully saturated rings. The van der Waals surface area contributed by atoms with E-state index in [1.807, 2.05) is 12.3 Å². The second-order valence-electron chi connectivity index (χ2n) is 6.51. The van der Waals surface area contributed by atoms with Gasteiger partial charge in [0.05, 0.1) is 5.69 Å².